The van der Waals surface area contributed by atoms with Crippen LogP contribution in [0.5, 0.6) is 0 Å². The second-order valence-electron chi connectivity index (χ2n) is 8.25. The van der Waals surface area contributed by atoms with Gasteiger partial charge < -0.3 is 14.7 Å². The first kappa shape index (κ1) is 20.6. The zero-order valence-electron chi connectivity index (χ0n) is 17.9. The molecule has 1 aromatic carbocycles. The highest BCUT2D eigenvalue weighted by Crippen LogP contribution is 2.43. The van der Waals surface area contributed by atoms with Gasteiger partial charge in [0, 0.05) is 55.6 Å². The van der Waals surface area contributed by atoms with Gasteiger partial charge in [-0.1, -0.05) is 23.8 Å². The zero-order valence-corrected chi connectivity index (χ0v) is 18.7. The van der Waals surface area contributed by atoms with E-state index < -0.39 is 0 Å². The Bertz CT molecular complexity index is 1080. The summed E-state index contributed by atoms with van der Waals surface area (Å²) < 4.78 is 0. The number of benzene rings is 1. The molecule has 0 aliphatic carbocycles. The summed E-state index contributed by atoms with van der Waals surface area (Å²) in [6, 6.07) is 11.7. The van der Waals surface area contributed by atoms with Crippen LogP contribution in [0.25, 0.3) is 0 Å². The van der Waals surface area contributed by atoms with Gasteiger partial charge in [0.05, 0.1) is 18.2 Å². The highest BCUT2D eigenvalue weighted by atomic mass is 32.1. The minimum absolute atomic E-state index is 0.00352. The number of aryl methyl sites for hydroxylation is 1. The second-order valence-corrected chi connectivity index (χ2v) is 9.23. The standard InChI is InChI=1S/C24H25N5O2S/c1-17-4-6-18(7-5-17)29-22(30)15-19(23(29)20-3-2-14-32-20)24(31)28-12-10-27(11-13-28)21-16-25-8-9-26-21/h2-9,14,16,19,23H,10-13,15H2,1H3/t19-,23-/m0/s1. The summed E-state index contributed by atoms with van der Waals surface area (Å²) in [4.78, 5) is 42.2. The first-order valence-corrected chi connectivity index (χ1v) is 11.7. The number of aromatic nitrogens is 2. The molecule has 2 saturated heterocycles. The lowest BCUT2D eigenvalue weighted by atomic mass is 9.96. The van der Waals surface area contributed by atoms with Crippen molar-refractivity contribution < 1.29 is 9.59 Å². The predicted molar refractivity (Wildman–Crippen MR) is 125 cm³/mol. The van der Waals surface area contributed by atoms with Crippen LogP contribution < -0.4 is 9.80 Å². The van der Waals surface area contributed by atoms with Crippen LogP contribution in [0.2, 0.25) is 0 Å². The van der Waals surface area contributed by atoms with E-state index in [1.165, 1.54) is 0 Å². The lowest BCUT2D eigenvalue weighted by molar-refractivity contribution is -0.136. The maximum Gasteiger partial charge on any atom is 0.228 e. The summed E-state index contributed by atoms with van der Waals surface area (Å²) in [7, 11) is 0. The third kappa shape index (κ3) is 3.86. The third-order valence-electron chi connectivity index (χ3n) is 6.25. The molecule has 0 radical (unpaired) electrons. The fraction of sp³-hybridized carbons (Fsp3) is 0.333. The van der Waals surface area contributed by atoms with Crippen molar-refractivity contribution in [3.05, 3.63) is 70.8 Å². The van der Waals surface area contributed by atoms with Crippen molar-refractivity contribution in [3.63, 3.8) is 0 Å². The van der Waals surface area contributed by atoms with Crippen LogP contribution in [0.15, 0.2) is 60.4 Å². The number of hydrogen-bond donors (Lipinski definition) is 0. The molecule has 0 N–H and O–H groups in total. The average Bonchev–Trinajstić information content (AvgIpc) is 3.48. The van der Waals surface area contributed by atoms with Crippen molar-refractivity contribution in [1.82, 2.24) is 14.9 Å². The van der Waals surface area contributed by atoms with Crippen LogP contribution in [0, 0.1) is 12.8 Å². The Balaban J connectivity index is 1.37. The van der Waals surface area contributed by atoms with E-state index in [0.717, 1.165) is 21.9 Å². The SMILES string of the molecule is Cc1ccc(N2C(=O)C[C@H](C(=O)N3CCN(c4cnccn4)CC3)[C@H]2c2cccs2)cc1. The Morgan fingerprint density at radius 2 is 1.84 bits per heavy atom. The molecule has 2 aromatic heterocycles. The van der Waals surface area contributed by atoms with Crippen molar-refractivity contribution in [2.45, 2.75) is 19.4 Å². The van der Waals surface area contributed by atoms with E-state index in [-0.39, 0.29) is 30.2 Å². The Morgan fingerprint density at radius 3 is 2.50 bits per heavy atom. The van der Waals surface area contributed by atoms with Gasteiger partial charge in [-0.15, -0.1) is 11.3 Å². The van der Waals surface area contributed by atoms with Gasteiger partial charge in [0.25, 0.3) is 0 Å². The number of amides is 2. The molecule has 0 unspecified atom stereocenters. The molecule has 164 valence electrons. The molecule has 2 fully saturated rings. The van der Waals surface area contributed by atoms with Crippen molar-refractivity contribution in [2.75, 3.05) is 36.0 Å². The summed E-state index contributed by atoms with van der Waals surface area (Å²) in [5, 5.41) is 2.01. The van der Waals surface area contributed by atoms with Gasteiger partial charge in [0.1, 0.15) is 5.82 Å². The molecule has 2 aliphatic heterocycles. The molecule has 0 saturated carbocycles. The fourth-order valence-electron chi connectivity index (χ4n) is 4.60. The number of carbonyl (C=O) groups excluding carboxylic acids is 2. The Kier molecular flexibility index (Phi) is 5.61. The third-order valence-corrected chi connectivity index (χ3v) is 7.19. The molecule has 4 heterocycles. The zero-order chi connectivity index (χ0) is 22.1. The summed E-state index contributed by atoms with van der Waals surface area (Å²) in [5.74, 6) is 0.511. The summed E-state index contributed by atoms with van der Waals surface area (Å²) in [6.07, 6.45) is 5.33. The lowest BCUT2D eigenvalue weighted by Gasteiger charge is -2.37. The van der Waals surface area contributed by atoms with E-state index in [1.54, 1.807) is 29.9 Å². The van der Waals surface area contributed by atoms with Gasteiger partial charge in [-0.25, -0.2) is 4.98 Å². The number of piperazine rings is 1. The smallest absolute Gasteiger partial charge is 0.228 e. The first-order valence-electron chi connectivity index (χ1n) is 10.8. The van der Waals surface area contributed by atoms with E-state index in [0.29, 0.717) is 26.2 Å². The number of anilines is 2. The number of rotatable bonds is 4. The molecule has 32 heavy (non-hydrogen) atoms. The monoisotopic (exact) mass is 447 g/mol. The number of hydrogen-bond acceptors (Lipinski definition) is 6. The number of thiophene rings is 1. The molecule has 0 bridgehead atoms. The predicted octanol–water partition coefficient (Wildman–Crippen LogP) is 3.29. The molecule has 5 rings (SSSR count). The van der Waals surface area contributed by atoms with Gasteiger partial charge in [0.15, 0.2) is 0 Å². The van der Waals surface area contributed by atoms with Gasteiger partial charge in [0.2, 0.25) is 11.8 Å². The minimum Gasteiger partial charge on any atom is -0.352 e. The number of nitrogens with zero attached hydrogens (tertiary/aromatic N) is 5. The van der Waals surface area contributed by atoms with Gasteiger partial charge >= 0.3 is 0 Å². The maximum absolute atomic E-state index is 13.6. The molecule has 3 aromatic rings. The van der Waals surface area contributed by atoms with Crippen LogP contribution in [-0.4, -0.2) is 52.9 Å². The van der Waals surface area contributed by atoms with E-state index in [9.17, 15) is 9.59 Å². The Morgan fingerprint density at radius 1 is 1.06 bits per heavy atom. The van der Waals surface area contributed by atoms with Crippen molar-refractivity contribution >= 4 is 34.7 Å². The minimum atomic E-state index is -0.384. The normalized spacial score (nSPS) is 21.3. The van der Waals surface area contributed by atoms with Gasteiger partial charge in [-0.05, 0) is 30.5 Å². The van der Waals surface area contributed by atoms with E-state index in [1.807, 2.05) is 58.5 Å². The molecule has 0 spiro atoms. The summed E-state index contributed by atoms with van der Waals surface area (Å²) >= 11 is 1.60. The fourth-order valence-corrected chi connectivity index (χ4v) is 5.48. The lowest BCUT2D eigenvalue weighted by Crippen LogP contribution is -2.51. The molecule has 7 nitrogen and oxygen atoms in total. The first-order chi connectivity index (χ1) is 15.6. The highest BCUT2D eigenvalue weighted by Gasteiger charge is 2.47. The molecule has 2 atom stereocenters. The number of carbonyl (C=O) groups is 2. The largest absolute Gasteiger partial charge is 0.352 e. The molecule has 8 heteroatoms. The highest BCUT2D eigenvalue weighted by molar-refractivity contribution is 7.10. The van der Waals surface area contributed by atoms with E-state index >= 15 is 0 Å². The summed E-state index contributed by atoms with van der Waals surface area (Å²) in [6.45, 7) is 4.66. The van der Waals surface area contributed by atoms with Gasteiger partial charge in [-0.3, -0.25) is 14.6 Å². The molecule has 2 amide bonds. The van der Waals surface area contributed by atoms with Gasteiger partial charge in [-0.2, -0.15) is 0 Å². The van der Waals surface area contributed by atoms with Crippen LogP contribution in [0.3, 0.4) is 0 Å². The van der Waals surface area contributed by atoms with Crippen LogP contribution >= 0.6 is 11.3 Å². The second kappa shape index (κ2) is 8.70. The van der Waals surface area contributed by atoms with Crippen molar-refractivity contribution in [1.29, 1.82) is 0 Å². The topological polar surface area (TPSA) is 69.6 Å². The molecular weight excluding hydrogens is 422 g/mol. The Hall–Kier alpha value is -3.26. The summed E-state index contributed by atoms with van der Waals surface area (Å²) in [5.41, 5.74) is 1.99. The van der Waals surface area contributed by atoms with Crippen LogP contribution in [-0.2, 0) is 9.59 Å². The van der Waals surface area contributed by atoms with Crippen molar-refractivity contribution in [3.8, 4) is 0 Å². The Labute approximate surface area is 191 Å². The maximum atomic E-state index is 13.6. The quantitative estimate of drug-likeness (QED) is 0.614. The van der Waals surface area contributed by atoms with E-state index in [2.05, 4.69) is 14.9 Å². The van der Waals surface area contributed by atoms with Crippen LogP contribution in [0.1, 0.15) is 22.9 Å². The average molecular weight is 448 g/mol. The van der Waals surface area contributed by atoms with Crippen molar-refractivity contribution in [2.24, 2.45) is 5.92 Å². The molecule has 2 aliphatic rings. The van der Waals surface area contributed by atoms with E-state index in [4.69, 9.17) is 0 Å². The molecular formula is C24H25N5O2S. The van der Waals surface area contributed by atoms with Crippen LogP contribution in [0.4, 0.5) is 11.5 Å².